The first-order valence-electron chi connectivity index (χ1n) is 6.35. The Balaban J connectivity index is 2.19. The molecule has 3 N–H and O–H groups in total. The highest BCUT2D eigenvalue weighted by Gasteiger charge is 2.27. The monoisotopic (exact) mass is 281 g/mol. The molecule has 19 heavy (non-hydrogen) atoms. The lowest BCUT2D eigenvalue weighted by Gasteiger charge is -2.18. The number of rotatable bonds is 5. The highest BCUT2D eigenvalue weighted by molar-refractivity contribution is 7.98. The molecule has 1 fully saturated rings. The Labute approximate surface area is 117 Å². The molecule has 0 aromatic carbocycles. The smallest absolute Gasteiger partial charge is 0.222 e. The second-order valence-electron chi connectivity index (χ2n) is 4.46. The number of amides is 1. The van der Waals surface area contributed by atoms with Crippen molar-refractivity contribution in [3.63, 3.8) is 0 Å². The number of anilines is 2. The Kier molecular flexibility index (Phi) is 4.47. The highest BCUT2D eigenvalue weighted by Crippen LogP contribution is 2.25. The molecule has 6 nitrogen and oxygen atoms in total. The van der Waals surface area contributed by atoms with Gasteiger partial charge >= 0.3 is 0 Å². The molecule has 1 aliphatic heterocycles. The predicted molar refractivity (Wildman–Crippen MR) is 77.5 cm³/mol. The average molecular weight is 281 g/mol. The van der Waals surface area contributed by atoms with E-state index in [1.54, 1.807) is 0 Å². The molecule has 0 spiro atoms. The molecule has 1 unspecified atom stereocenters. The van der Waals surface area contributed by atoms with Crippen molar-refractivity contribution >= 4 is 29.3 Å². The predicted octanol–water partition coefficient (Wildman–Crippen LogP) is 0.942. The molecule has 2 rings (SSSR count). The molecule has 1 atom stereocenters. The first-order chi connectivity index (χ1) is 9.13. The summed E-state index contributed by atoms with van der Waals surface area (Å²) in [5.41, 5.74) is 5.36. The van der Waals surface area contributed by atoms with Gasteiger partial charge in [0.15, 0.2) is 5.16 Å². The molecule has 7 heteroatoms. The van der Waals surface area contributed by atoms with Crippen LogP contribution in [0.5, 0.6) is 0 Å². The molecule has 0 aliphatic carbocycles. The first kappa shape index (κ1) is 13.9. The number of hydrogen-bond donors (Lipinski definition) is 2. The number of thioether (sulfide) groups is 1. The third kappa shape index (κ3) is 3.28. The van der Waals surface area contributed by atoms with Crippen LogP contribution in [-0.4, -0.2) is 41.8 Å². The molecule has 1 aromatic rings. The molecular weight excluding hydrogens is 262 g/mol. The maximum absolute atomic E-state index is 11.2. The van der Waals surface area contributed by atoms with Crippen LogP contribution in [0.15, 0.2) is 11.2 Å². The zero-order valence-electron chi connectivity index (χ0n) is 11.2. The zero-order valence-corrected chi connectivity index (χ0v) is 12.0. The molecule has 2 heterocycles. The summed E-state index contributed by atoms with van der Waals surface area (Å²) in [5.74, 6) is 1.38. The van der Waals surface area contributed by atoms with Gasteiger partial charge in [-0.15, -0.1) is 0 Å². The Hall–Kier alpha value is -1.50. The molecule has 1 amide bonds. The second kappa shape index (κ2) is 6.10. The lowest BCUT2D eigenvalue weighted by atomic mass is 10.1. The number of aromatic nitrogens is 2. The van der Waals surface area contributed by atoms with Gasteiger partial charge in [-0.1, -0.05) is 11.8 Å². The van der Waals surface area contributed by atoms with E-state index in [1.165, 1.54) is 11.8 Å². The van der Waals surface area contributed by atoms with Crippen LogP contribution in [0.1, 0.15) is 13.3 Å². The quantitative estimate of drug-likeness (QED) is 0.617. The minimum atomic E-state index is -0.228. The number of carbonyl (C=O) groups is 1. The largest absolute Gasteiger partial charge is 0.370 e. The molecule has 0 saturated carbocycles. The van der Waals surface area contributed by atoms with Crippen LogP contribution in [0.2, 0.25) is 0 Å². The lowest BCUT2D eigenvalue weighted by Crippen LogP contribution is -2.27. The van der Waals surface area contributed by atoms with Gasteiger partial charge in [-0.2, -0.15) is 0 Å². The van der Waals surface area contributed by atoms with Gasteiger partial charge in [0.2, 0.25) is 5.91 Å². The van der Waals surface area contributed by atoms with Crippen molar-refractivity contribution in [3.05, 3.63) is 6.07 Å². The topological polar surface area (TPSA) is 84.1 Å². The van der Waals surface area contributed by atoms with Gasteiger partial charge in [-0.05, 0) is 19.6 Å². The SMILES string of the molecule is CCNc1cc(N2CCC(C(N)=O)C2)nc(SC)n1. The number of primary amides is 1. The van der Waals surface area contributed by atoms with E-state index in [1.807, 2.05) is 19.2 Å². The third-order valence-corrected chi connectivity index (χ3v) is 3.69. The highest BCUT2D eigenvalue weighted by atomic mass is 32.2. The molecule has 0 bridgehead atoms. The van der Waals surface area contributed by atoms with Crippen molar-refractivity contribution in [2.75, 3.05) is 36.1 Å². The van der Waals surface area contributed by atoms with Gasteiger partial charge in [0, 0.05) is 25.7 Å². The van der Waals surface area contributed by atoms with Crippen LogP contribution in [0.3, 0.4) is 0 Å². The van der Waals surface area contributed by atoms with E-state index in [0.29, 0.717) is 6.54 Å². The van der Waals surface area contributed by atoms with Gasteiger partial charge in [0.1, 0.15) is 11.6 Å². The summed E-state index contributed by atoms with van der Waals surface area (Å²) in [6, 6.07) is 1.92. The van der Waals surface area contributed by atoms with Gasteiger partial charge in [-0.3, -0.25) is 4.79 Å². The Bertz CT molecular complexity index is 467. The number of hydrogen-bond acceptors (Lipinski definition) is 6. The van der Waals surface area contributed by atoms with Crippen molar-refractivity contribution in [2.24, 2.45) is 11.7 Å². The molecule has 1 aliphatic rings. The fraction of sp³-hybridized carbons (Fsp3) is 0.583. The van der Waals surface area contributed by atoms with Gasteiger partial charge in [0.25, 0.3) is 0 Å². The fourth-order valence-electron chi connectivity index (χ4n) is 2.14. The second-order valence-corrected chi connectivity index (χ2v) is 5.24. The Morgan fingerprint density at radius 1 is 1.63 bits per heavy atom. The van der Waals surface area contributed by atoms with Crippen LogP contribution in [0.4, 0.5) is 11.6 Å². The third-order valence-electron chi connectivity index (χ3n) is 3.15. The summed E-state index contributed by atoms with van der Waals surface area (Å²) in [6.07, 6.45) is 2.75. The van der Waals surface area contributed by atoms with Crippen LogP contribution >= 0.6 is 11.8 Å². The Morgan fingerprint density at radius 3 is 3.00 bits per heavy atom. The van der Waals surface area contributed by atoms with E-state index in [4.69, 9.17) is 5.73 Å². The normalized spacial score (nSPS) is 18.6. The number of nitrogens with zero attached hydrogens (tertiary/aromatic N) is 3. The van der Waals surface area contributed by atoms with Crippen molar-refractivity contribution in [3.8, 4) is 0 Å². The van der Waals surface area contributed by atoms with Gasteiger partial charge in [-0.25, -0.2) is 9.97 Å². The minimum Gasteiger partial charge on any atom is -0.370 e. The number of carbonyl (C=O) groups excluding carboxylic acids is 1. The van der Waals surface area contributed by atoms with E-state index >= 15 is 0 Å². The Morgan fingerprint density at radius 2 is 2.42 bits per heavy atom. The fourth-order valence-corrected chi connectivity index (χ4v) is 2.51. The summed E-state index contributed by atoms with van der Waals surface area (Å²) in [6.45, 7) is 4.30. The van der Waals surface area contributed by atoms with Crippen molar-refractivity contribution in [1.82, 2.24) is 9.97 Å². The van der Waals surface area contributed by atoms with Crippen molar-refractivity contribution < 1.29 is 4.79 Å². The molecule has 104 valence electrons. The molecule has 1 saturated heterocycles. The van der Waals surface area contributed by atoms with Crippen molar-refractivity contribution in [1.29, 1.82) is 0 Å². The van der Waals surface area contributed by atoms with Gasteiger partial charge < -0.3 is 16.0 Å². The lowest BCUT2D eigenvalue weighted by molar-refractivity contribution is -0.121. The summed E-state index contributed by atoms with van der Waals surface area (Å²) in [5, 5.41) is 3.93. The van der Waals surface area contributed by atoms with Crippen LogP contribution in [0.25, 0.3) is 0 Å². The first-order valence-corrected chi connectivity index (χ1v) is 7.57. The molecular formula is C12H19N5OS. The van der Waals surface area contributed by atoms with Gasteiger partial charge in [0.05, 0.1) is 5.92 Å². The summed E-state index contributed by atoms with van der Waals surface area (Å²) >= 11 is 1.51. The van der Waals surface area contributed by atoms with E-state index in [-0.39, 0.29) is 11.8 Å². The number of nitrogens with one attached hydrogen (secondary N) is 1. The van der Waals surface area contributed by atoms with Crippen LogP contribution < -0.4 is 16.0 Å². The van der Waals surface area contributed by atoms with Crippen LogP contribution in [-0.2, 0) is 4.79 Å². The molecule has 0 radical (unpaired) electrons. The summed E-state index contributed by atoms with van der Waals surface area (Å²) < 4.78 is 0. The number of nitrogens with two attached hydrogens (primary N) is 1. The maximum Gasteiger partial charge on any atom is 0.222 e. The zero-order chi connectivity index (χ0) is 13.8. The standard InChI is InChI=1S/C12H19N5OS/c1-3-14-9-6-10(16-12(15-9)19-2)17-5-4-8(7-17)11(13)18/h6,8H,3-5,7H2,1-2H3,(H2,13,18)(H,14,15,16). The van der Waals surface area contributed by atoms with E-state index in [2.05, 4.69) is 20.2 Å². The van der Waals surface area contributed by atoms with E-state index < -0.39 is 0 Å². The summed E-state index contributed by atoms with van der Waals surface area (Å²) in [4.78, 5) is 22.2. The average Bonchev–Trinajstić information content (AvgIpc) is 2.88. The molecule has 1 aromatic heterocycles. The minimum absolute atomic E-state index is 0.0738. The van der Waals surface area contributed by atoms with Crippen molar-refractivity contribution in [2.45, 2.75) is 18.5 Å². The van der Waals surface area contributed by atoms with Crippen LogP contribution in [0, 0.1) is 5.92 Å². The summed E-state index contributed by atoms with van der Waals surface area (Å²) in [7, 11) is 0. The van der Waals surface area contributed by atoms with E-state index in [0.717, 1.165) is 36.3 Å². The van der Waals surface area contributed by atoms with E-state index in [9.17, 15) is 4.79 Å². The maximum atomic E-state index is 11.2.